The van der Waals surface area contributed by atoms with Crippen LogP contribution in [0, 0.1) is 17.8 Å². The van der Waals surface area contributed by atoms with Crippen molar-refractivity contribution in [3.8, 4) is 11.5 Å². The molecule has 32 heavy (non-hydrogen) atoms. The Hall–Kier alpha value is -2.13. The molecule has 1 aromatic carbocycles. The van der Waals surface area contributed by atoms with E-state index in [2.05, 4.69) is 21.2 Å². The number of fused-ring (bicyclic) bond motifs is 1. The van der Waals surface area contributed by atoms with Gasteiger partial charge in [0.25, 0.3) is 0 Å². The number of carboxylic acid groups (broad SMARTS) is 1. The van der Waals surface area contributed by atoms with Gasteiger partial charge < -0.3 is 14.6 Å². The fraction of sp³-hybridized carbons (Fsp3) is 0.609. The predicted octanol–water partition coefficient (Wildman–Crippen LogP) is 3.38. The van der Waals surface area contributed by atoms with Gasteiger partial charge >= 0.3 is 5.97 Å². The third-order valence-electron chi connectivity index (χ3n) is 6.98. The zero-order chi connectivity index (χ0) is 23.8. The molecule has 0 spiro atoms. The van der Waals surface area contributed by atoms with Crippen LogP contribution in [0.5, 0.6) is 11.5 Å². The normalized spacial score (nSPS) is 28.1. The molecule has 5 atom stereocenters. The van der Waals surface area contributed by atoms with Crippen LogP contribution in [-0.4, -0.2) is 54.1 Å². The molecule has 2 aliphatic rings. The third-order valence-corrected chi connectivity index (χ3v) is 7.57. The molecule has 2 saturated heterocycles. The van der Waals surface area contributed by atoms with Crippen molar-refractivity contribution in [1.82, 2.24) is 10.2 Å². The van der Waals surface area contributed by atoms with E-state index in [1.54, 1.807) is 12.1 Å². The summed E-state index contributed by atoms with van der Waals surface area (Å²) in [5, 5.41) is 13.6. The molecule has 1 aromatic rings. The van der Waals surface area contributed by atoms with Gasteiger partial charge in [0, 0.05) is 12.6 Å². The highest BCUT2D eigenvalue weighted by atomic mass is 79.9. The Balaban J connectivity index is 2.18. The second-order valence-electron chi connectivity index (χ2n) is 8.53. The number of carbonyl (C=O) groups is 3. The molecule has 0 aromatic heterocycles. The summed E-state index contributed by atoms with van der Waals surface area (Å²) >= 11 is 3.48. The summed E-state index contributed by atoms with van der Waals surface area (Å²) in [7, 11) is 3.03. The largest absolute Gasteiger partial charge is 0.493 e. The second kappa shape index (κ2) is 9.39. The standard InChI is InChI=1S/C23H31BrN2O6/c1-6-8-9-26-20(27)16-17(21(26)28)23(22(29)30,12(3)7-2)25-18(16)13-10-14(24)19(32-5)15(11-13)31-4/h10-12,16-18,25H,6-9H2,1-5H3,(H,29,30). The molecule has 2 amide bonds. The second-order valence-corrected chi connectivity index (χ2v) is 9.38. The quantitative estimate of drug-likeness (QED) is 0.490. The van der Waals surface area contributed by atoms with Crippen molar-refractivity contribution in [3.05, 3.63) is 22.2 Å². The number of benzene rings is 1. The Bertz CT molecular complexity index is 922. The molecule has 176 valence electrons. The number of carbonyl (C=O) groups excluding carboxylic acids is 2. The van der Waals surface area contributed by atoms with Gasteiger partial charge in [0.2, 0.25) is 11.8 Å². The Kier molecular flexibility index (Phi) is 7.19. The predicted molar refractivity (Wildman–Crippen MR) is 122 cm³/mol. The van der Waals surface area contributed by atoms with E-state index in [0.717, 1.165) is 6.42 Å². The van der Waals surface area contributed by atoms with Crippen LogP contribution < -0.4 is 14.8 Å². The zero-order valence-electron chi connectivity index (χ0n) is 19.1. The summed E-state index contributed by atoms with van der Waals surface area (Å²) in [6.45, 7) is 6.00. The lowest BCUT2D eigenvalue weighted by atomic mass is 9.72. The average Bonchev–Trinajstić information content (AvgIpc) is 3.26. The Morgan fingerprint density at radius 1 is 1.25 bits per heavy atom. The molecule has 2 heterocycles. The minimum absolute atomic E-state index is 0.305. The van der Waals surface area contributed by atoms with Crippen LogP contribution in [0.3, 0.4) is 0 Å². The van der Waals surface area contributed by atoms with Crippen molar-refractivity contribution < 1.29 is 29.0 Å². The molecule has 0 aliphatic carbocycles. The molecule has 0 bridgehead atoms. The minimum Gasteiger partial charge on any atom is -0.493 e. The molecular weight excluding hydrogens is 480 g/mol. The number of aliphatic carboxylic acids is 1. The first kappa shape index (κ1) is 24.5. The smallest absolute Gasteiger partial charge is 0.325 e. The molecule has 0 radical (unpaired) electrons. The fourth-order valence-electron chi connectivity index (χ4n) is 5.12. The number of halogens is 1. The Morgan fingerprint density at radius 2 is 1.94 bits per heavy atom. The maximum atomic E-state index is 13.5. The van der Waals surface area contributed by atoms with Crippen molar-refractivity contribution in [2.24, 2.45) is 17.8 Å². The maximum absolute atomic E-state index is 13.5. The van der Waals surface area contributed by atoms with E-state index in [-0.39, 0.29) is 11.8 Å². The number of ether oxygens (including phenoxy) is 2. The molecule has 3 rings (SSSR count). The summed E-state index contributed by atoms with van der Waals surface area (Å²) in [6, 6.07) is 2.86. The van der Waals surface area contributed by atoms with Gasteiger partial charge in [-0.3, -0.25) is 24.6 Å². The van der Waals surface area contributed by atoms with Crippen LogP contribution in [0.25, 0.3) is 0 Å². The number of methoxy groups -OCH3 is 2. The van der Waals surface area contributed by atoms with Gasteiger partial charge in [0.15, 0.2) is 11.5 Å². The van der Waals surface area contributed by atoms with Crippen LogP contribution in [0.15, 0.2) is 16.6 Å². The Labute approximate surface area is 196 Å². The van der Waals surface area contributed by atoms with E-state index in [4.69, 9.17) is 9.47 Å². The van der Waals surface area contributed by atoms with E-state index in [1.807, 2.05) is 20.8 Å². The highest BCUT2D eigenvalue weighted by molar-refractivity contribution is 9.10. The van der Waals surface area contributed by atoms with Crippen LogP contribution in [0.2, 0.25) is 0 Å². The van der Waals surface area contributed by atoms with E-state index in [9.17, 15) is 19.5 Å². The van der Waals surface area contributed by atoms with Gasteiger partial charge in [-0.05, 0) is 46.0 Å². The molecule has 2 aliphatic heterocycles. The third kappa shape index (κ3) is 3.59. The topological polar surface area (TPSA) is 105 Å². The molecule has 8 nitrogen and oxygen atoms in total. The number of nitrogens with one attached hydrogen (secondary N) is 1. The zero-order valence-corrected chi connectivity index (χ0v) is 20.7. The number of imide groups is 1. The van der Waals surface area contributed by atoms with Gasteiger partial charge in [-0.2, -0.15) is 0 Å². The van der Waals surface area contributed by atoms with Gasteiger partial charge in [-0.15, -0.1) is 0 Å². The van der Waals surface area contributed by atoms with Crippen LogP contribution in [0.4, 0.5) is 0 Å². The SMILES string of the molecule is CCCCN1C(=O)C2C(c3cc(Br)c(OC)c(OC)c3)NC(C(=O)O)(C(C)CC)C2C1=O. The number of rotatable bonds is 9. The van der Waals surface area contributed by atoms with Crippen LogP contribution in [-0.2, 0) is 14.4 Å². The van der Waals surface area contributed by atoms with Crippen molar-refractivity contribution in [2.75, 3.05) is 20.8 Å². The van der Waals surface area contributed by atoms with E-state index < -0.39 is 35.3 Å². The first-order valence-corrected chi connectivity index (χ1v) is 11.8. The van der Waals surface area contributed by atoms with Crippen LogP contribution >= 0.6 is 15.9 Å². The number of hydrogen-bond acceptors (Lipinski definition) is 6. The lowest BCUT2D eigenvalue weighted by Crippen LogP contribution is -2.59. The average molecular weight is 511 g/mol. The highest BCUT2D eigenvalue weighted by Crippen LogP contribution is 2.53. The number of likely N-dealkylation sites (tertiary alicyclic amines) is 1. The van der Waals surface area contributed by atoms with Crippen molar-refractivity contribution in [2.45, 2.75) is 51.6 Å². The molecule has 5 unspecified atom stereocenters. The number of nitrogens with zero attached hydrogens (tertiary/aromatic N) is 1. The molecule has 0 saturated carbocycles. The first-order valence-electron chi connectivity index (χ1n) is 11.0. The fourth-order valence-corrected chi connectivity index (χ4v) is 5.75. The Morgan fingerprint density at radius 3 is 2.47 bits per heavy atom. The number of carboxylic acids is 1. The lowest BCUT2D eigenvalue weighted by Gasteiger charge is -2.36. The van der Waals surface area contributed by atoms with Gasteiger partial charge in [-0.1, -0.05) is 33.6 Å². The highest BCUT2D eigenvalue weighted by Gasteiger charge is 2.69. The van der Waals surface area contributed by atoms with Crippen molar-refractivity contribution in [1.29, 1.82) is 0 Å². The molecule has 2 fully saturated rings. The van der Waals surface area contributed by atoms with Crippen molar-refractivity contribution >= 4 is 33.7 Å². The lowest BCUT2D eigenvalue weighted by molar-refractivity contribution is -0.154. The van der Waals surface area contributed by atoms with Gasteiger partial charge in [0.1, 0.15) is 5.54 Å². The molecule has 2 N–H and O–H groups in total. The van der Waals surface area contributed by atoms with E-state index in [0.29, 0.717) is 40.9 Å². The summed E-state index contributed by atoms with van der Waals surface area (Å²) in [4.78, 5) is 40.9. The summed E-state index contributed by atoms with van der Waals surface area (Å²) in [5.74, 6) is -3.03. The van der Waals surface area contributed by atoms with E-state index in [1.165, 1.54) is 19.1 Å². The first-order chi connectivity index (χ1) is 15.2. The van der Waals surface area contributed by atoms with Crippen molar-refractivity contribution in [3.63, 3.8) is 0 Å². The van der Waals surface area contributed by atoms with Gasteiger partial charge in [-0.25, -0.2) is 0 Å². The monoisotopic (exact) mass is 510 g/mol. The summed E-state index contributed by atoms with van der Waals surface area (Å²) < 4.78 is 11.5. The number of hydrogen-bond donors (Lipinski definition) is 2. The van der Waals surface area contributed by atoms with E-state index >= 15 is 0 Å². The summed E-state index contributed by atoms with van der Waals surface area (Å²) in [6.07, 6.45) is 2.05. The van der Waals surface area contributed by atoms with Crippen LogP contribution in [0.1, 0.15) is 51.6 Å². The maximum Gasteiger partial charge on any atom is 0.325 e. The minimum atomic E-state index is -1.54. The van der Waals surface area contributed by atoms with Gasteiger partial charge in [0.05, 0.1) is 30.5 Å². The molecule has 9 heteroatoms. The number of unbranched alkanes of at least 4 members (excludes halogenated alkanes) is 1. The molecular formula is C23H31BrN2O6. The number of amides is 2. The summed E-state index contributed by atoms with van der Waals surface area (Å²) in [5.41, 5.74) is -0.883.